The Hall–Kier alpha value is -2.74. The number of aryl methyl sites for hydroxylation is 1. The van der Waals surface area contributed by atoms with Gasteiger partial charge in [0, 0.05) is 19.9 Å². The van der Waals surface area contributed by atoms with E-state index in [9.17, 15) is 9.59 Å². The first-order valence-electron chi connectivity index (χ1n) is 8.11. The van der Waals surface area contributed by atoms with Gasteiger partial charge < -0.3 is 18.8 Å². The number of hydrogen-bond acceptors (Lipinski definition) is 7. The third-order valence-corrected chi connectivity index (χ3v) is 4.36. The van der Waals surface area contributed by atoms with Gasteiger partial charge in [0.1, 0.15) is 0 Å². The lowest BCUT2D eigenvalue weighted by Gasteiger charge is -2.34. The molecule has 0 saturated carbocycles. The minimum Gasteiger partial charge on any atom is -0.448 e. The summed E-state index contributed by atoms with van der Waals surface area (Å²) in [6.07, 6.45) is -0.904. The Morgan fingerprint density at radius 1 is 1.28 bits per heavy atom. The molecular formula is C17H17N3O5. The number of amides is 1. The molecule has 2 aromatic rings. The minimum absolute atomic E-state index is 0.229. The van der Waals surface area contributed by atoms with Gasteiger partial charge in [0.2, 0.25) is 11.8 Å². The Bertz CT molecular complexity index is 818. The zero-order valence-corrected chi connectivity index (χ0v) is 13.7. The zero-order valence-electron chi connectivity index (χ0n) is 13.7. The van der Waals surface area contributed by atoms with Crippen LogP contribution in [0.25, 0.3) is 0 Å². The third kappa shape index (κ3) is 3.00. The van der Waals surface area contributed by atoms with Crippen LogP contribution in [0, 0.1) is 6.92 Å². The molecule has 1 aromatic carbocycles. The molecule has 2 aliphatic heterocycles. The summed E-state index contributed by atoms with van der Waals surface area (Å²) in [6.45, 7) is 2.77. The number of cyclic esters (lactones) is 1. The van der Waals surface area contributed by atoms with Crippen LogP contribution in [0.5, 0.6) is 0 Å². The summed E-state index contributed by atoms with van der Waals surface area (Å²) in [5.41, 5.74) is 1.35. The van der Waals surface area contributed by atoms with Crippen molar-refractivity contribution in [2.75, 3.05) is 19.7 Å². The molecule has 8 nitrogen and oxygen atoms in total. The lowest BCUT2D eigenvalue weighted by atomic mass is 9.98. The molecule has 1 aromatic heterocycles. The van der Waals surface area contributed by atoms with Crippen molar-refractivity contribution >= 4 is 11.9 Å². The van der Waals surface area contributed by atoms with Crippen molar-refractivity contribution in [1.29, 1.82) is 0 Å². The summed E-state index contributed by atoms with van der Waals surface area (Å²) < 4.78 is 16.4. The number of fused-ring (bicyclic) bond motifs is 1. The second kappa shape index (κ2) is 6.29. The Kier molecular flexibility index (Phi) is 3.96. The number of carbonyl (C=O) groups is 2. The van der Waals surface area contributed by atoms with E-state index in [0.717, 1.165) is 5.56 Å². The maximum Gasteiger partial charge on any atom is 0.339 e. The highest BCUT2D eigenvalue weighted by Crippen LogP contribution is 2.25. The fraction of sp³-hybridized carbons (Fsp3) is 0.412. The van der Waals surface area contributed by atoms with Crippen LogP contribution in [0.3, 0.4) is 0 Å². The monoisotopic (exact) mass is 343 g/mol. The molecular weight excluding hydrogens is 326 g/mol. The fourth-order valence-electron chi connectivity index (χ4n) is 3.11. The maximum absolute atomic E-state index is 12.8. The largest absolute Gasteiger partial charge is 0.448 e. The van der Waals surface area contributed by atoms with E-state index in [0.29, 0.717) is 36.9 Å². The van der Waals surface area contributed by atoms with Crippen molar-refractivity contribution in [3.05, 3.63) is 47.2 Å². The van der Waals surface area contributed by atoms with Crippen molar-refractivity contribution < 1.29 is 23.5 Å². The Morgan fingerprint density at radius 2 is 2.12 bits per heavy atom. The normalized spacial score (nSPS) is 23.1. The average molecular weight is 343 g/mol. The van der Waals surface area contributed by atoms with Gasteiger partial charge in [-0.25, -0.2) is 4.79 Å². The van der Waals surface area contributed by atoms with E-state index in [-0.39, 0.29) is 12.5 Å². The smallest absolute Gasteiger partial charge is 0.339 e. The molecule has 8 heteroatoms. The van der Waals surface area contributed by atoms with E-state index in [1.807, 2.05) is 12.1 Å². The second-order valence-electron chi connectivity index (χ2n) is 6.06. The van der Waals surface area contributed by atoms with Crippen molar-refractivity contribution in [1.82, 2.24) is 15.1 Å². The quantitative estimate of drug-likeness (QED) is 0.752. The molecule has 2 atom stereocenters. The fourth-order valence-corrected chi connectivity index (χ4v) is 3.11. The molecule has 0 spiro atoms. The Morgan fingerprint density at radius 3 is 2.92 bits per heavy atom. The van der Waals surface area contributed by atoms with Gasteiger partial charge in [-0.05, 0) is 11.6 Å². The van der Waals surface area contributed by atoms with Crippen molar-refractivity contribution in [3.63, 3.8) is 0 Å². The molecule has 130 valence electrons. The van der Waals surface area contributed by atoms with Gasteiger partial charge >= 0.3 is 5.97 Å². The minimum atomic E-state index is -0.814. The van der Waals surface area contributed by atoms with Crippen molar-refractivity contribution in [3.8, 4) is 0 Å². The summed E-state index contributed by atoms with van der Waals surface area (Å²) >= 11 is 0. The number of rotatable bonds is 2. The average Bonchev–Trinajstić information content (AvgIpc) is 3.08. The molecule has 0 radical (unpaired) electrons. The number of carbonyl (C=O) groups excluding carboxylic acids is 2. The predicted molar refractivity (Wildman–Crippen MR) is 83.7 cm³/mol. The van der Waals surface area contributed by atoms with Crippen LogP contribution < -0.4 is 0 Å². The van der Waals surface area contributed by atoms with E-state index in [2.05, 4.69) is 10.2 Å². The first kappa shape index (κ1) is 15.8. The van der Waals surface area contributed by atoms with E-state index in [4.69, 9.17) is 13.9 Å². The number of benzene rings is 1. The Balaban J connectivity index is 1.48. The van der Waals surface area contributed by atoms with Gasteiger partial charge in [-0.2, -0.15) is 0 Å². The van der Waals surface area contributed by atoms with E-state index in [1.54, 1.807) is 24.0 Å². The van der Waals surface area contributed by atoms with Crippen molar-refractivity contribution in [2.45, 2.75) is 25.6 Å². The molecule has 1 saturated heterocycles. The summed E-state index contributed by atoms with van der Waals surface area (Å²) in [5.74, 6) is 0.103. The molecule has 0 bridgehead atoms. The lowest BCUT2D eigenvalue weighted by Crippen LogP contribution is -2.49. The van der Waals surface area contributed by atoms with Crippen LogP contribution in [-0.2, 0) is 20.7 Å². The topological polar surface area (TPSA) is 94.8 Å². The van der Waals surface area contributed by atoms with E-state index < -0.39 is 18.2 Å². The molecule has 25 heavy (non-hydrogen) atoms. The van der Waals surface area contributed by atoms with E-state index in [1.165, 1.54) is 0 Å². The van der Waals surface area contributed by atoms with Gasteiger partial charge in [-0.15, -0.1) is 10.2 Å². The zero-order chi connectivity index (χ0) is 17.4. The van der Waals surface area contributed by atoms with Crippen LogP contribution in [0.15, 0.2) is 28.7 Å². The van der Waals surface area contributed by atoms with Gasteiger partial charge in [-0.3, -0.25) is 4.79 Å². The second-order valence-corrected chi connectivity index (χ2v) is 6.06. The molecule has 0 unspecified atom stereocenters. The molecule has 1 fully saturated rings. The van der Waals surface area contributed by atoms with Crippen molar-refractivity contribution in [2.24, 2.45) is 0 Å². The van der Waals surface area contributed by atoms with Gasteiger partial charge in [0.05, 0.1) is 18.7 Å². The van der Waals surface area contributed by atoms with Crippen LogP contribution >= 0.6 is 0 Å². The van der Waals surface area contributed by atoms with Crippen LogP contribution in [-0.4, -0.2) is 52.8 Å². The first-order chi connectivity index (χ1) is 12.1. The molecule has 0 N–H and O–H groups in total. The number of morpholine rings is 1. The highest BCUT2D eigenvalue weighted by atomic mass is 16.6. The van der Waals surface area contributed by atoms with Gasteiger partial charge in [0.25, 0.3) is 5.91 Å². The predicted octanol–water partition coefficient (Wildman–Crippen LogP) is 1.06. The standard InChI is InChI=1S/C17H17N3O5/c1-10-18-19-15(24-10)14-9-20(6-7-23-14)16(21)13-8-11-4-2-3-5-12(11)17(22)25-13/h2-5,13-14H,6-9H2,1H3/t13-,14-/m0/s1. The number of ether oxygens (including phenoxy) is 2. The SMILES string of the molecule is Cc1nnc([C@@H]2CN(C(=O)[C@@H]3Cc4ccccc4C(=O)O3)CCO2)o1. The van der Waals surface area contributed by atoms with Gasteiger partial charge in [-0.1, -0.05) is 18.2 Å². The highest BCUT2D eigenvalue weighted by Gasteiger charge is 2.37. The third-order valence-electron chi connectivity index (χ3n) is 4.36. The summed E-state index contributed by atoms with van der Waals surface area (Å²) in [7, 11) is 0. The number of hydrogen-bond donors (Lipinski definition) is 0. The first-order valence-corrected chi connectivity index (χ1v) is 8.11. The molecule has 0 aliphatic carbocycles. The number of aromatic nitrogens is 2. The number of nitrogens with zero attached hydrogens (tertiary/aromatic N) is 3. The van der Waals surface area contributed by atoms with Crippen LogP contribution in [0.4, 0.5) is 0 Å². The lowest BCUT2D eigenvalue weighted by molar-refractivity contribution is -0.149. The summed E-state index contributed by atoms with van der Waals surface area (Å²) in [5, 5.41) is 7.74. The van der Waals surface area contributed by atoms with Crippen LogP contribution in [0.1, 0.15) is 33.8 Å². The maximum atomic E-state index is 12.8. The molecule has 4 rings (SSSR count). The number of esters is 1. The summed E-state index contributed by atoms with van der Waals surface area (Å²) in [4.78, 5) is 26.6. The van der Waals surface area contributed by atoms with Gasteiger partial charge in [0.15, 0.2) is 12.2 Å². The summed E-state index contributed by atoms with van der Waals surface area (Å²) in [6, 6.07) is 7.18. The van der Waals surface area contributed by atoms with E-state index >= 15 is 0 Å². The molecule has 2 aliphatic rings. The Labute approximate surface area is 143 Å². The molecule has 3 heterocycles. The molecule has 1 amide bonds. The van der Waals surface area contributed by atoms with Crippen LogP contribution in [0.2, 0.25) is 0 Å². The highest BCUT2D eigenvalue weighted by molar-refractivity contribution is 5.95.